The topological polar surface area (TPSA) is 32.3 Å². The molecule has 23 heavy (non-hydrogen) atoms. The molecule has 1 unspecified atom stereocenters. The van der Waals surface area contributed by atoms with Crippen LogP contribution in [0.2, 0.25) is 0 Å². The second-order valence-corrected chi connectivity index (χ2v) is 6.07. The van der Waals surface area contributed by atoms with Gasteiger partial charge < -0.3 is 10.2 Å². The number of nitrogens with one attached hydrogen (secondary N) is 1. The van der Waals surface area contributed by atoms with Crippen LogP contribution in [0, 0.1) is 5.92 Å². The first-order valence-electron chi connectivity index (χ1n) is 7.99. The average molecular weight is 328 g/mol. The van der Waals surface area contributed by atoms with Gasteiger partial charge in [0.15, 0.2) is 0 Å². The van der Waals surface area contributed by atoms with Gasteiger partial charge in [0.1, 0.15) is 0 Å². The molecule has 1 aromatic carbocycles. The Balaban J connectivity index is 1.95. The Kier molecular flexibility index (Phi) is 6.04. The second kappa shape index (κ2) is 7.81. The highest BCUT2D eigenvalue weighted by Crippen LogP contribution is 2.33. The minimum Gasteiger partial charge on any atom is -0.341 e. The van der Waals surface area contributed by atoms with Gasteiger partial charge >= 0.3 is 6.18 Å². The van der Waals surface area contributed by atoms with E-state index in [1.807, 2.05) is 4.90 Å². The maximum Gasteiger partial charge on any atom is 0.416 e. The summed E-state index contributed by atoms with van der Waals surface area (Å²) in [5, 5.41) is 2.85. The number of piperidine rings is 1. The van der Waals surface area contributed by atoms with E-state index < -0.39 is 11.7 Å². The van der Waals surface area contributed by atoms with Crippen molar-refractivity contribution in [1.82, 2.24) is 10.2 Å². The number of aryl methyl sites for hydroxylation is 1. The molecule has 2 rings (SSSR count). The number of hydrogen-bond donors (Lipinski definition) is 1. The van der Waals surface area contributed by atoms with Crippen molar-refractivity contribution >= 4 is 5.91 Å². The summed E-state index contributed by atoms with van der Waals surface area (Å²) in [4.78, 5) is 13.7. The molecule has 1 N–H and O–H groups in total. The maximum absolute atomic E-state index is 13.0. The molecule has 3 nitrogen and oxygen atoms in total. The molecule has 0 spiro atoms. The number of amides is 1. The zero-order chi connectivity index (χ0) is 16.9. The highest BCUT2D eigenvalue weighted by atomic mass is 19.4. The lowest BCUT2D eigenvalue weighted by molar-refractivity contribution is -0.138. The van der Waals surface area contributed by atoms with Gasteiger partial charge in [-0.3, -0.25) is 4.79 Å². The summed E-state index contributed by atoms with van der Waals surface area (Å²) in [5.74, 6) is 0.332. The van der Waals surface area contributed by atoms with Gasteiger partial charge in [-0.15, -0.1) is 0 Å². The first kappa shape index (κ1) is 17.8. The molecule has 0 aromatic heterocycles. The molecule has 1 heterocycles. The van der Waals surface area contributed by atoms with Crippen molar-refractivity contribution in [3.8, 4) is 0 Å². The summed E-state index contributed by atoms with van der Waals surface area (Å²) < 4.78 is 39.0. The van der Waals surface area contributed by atoms with E-state index in [0.717, 1.165) is 25.5 Å². The van der Waals surface area contributed by atoms with E-state index in [2.05, 4.69) is 5.32 Å². The molecular weight excluding hydrogens is 305 g/mol. The van der Waals surface area contributed by atoms with E-state index in [-0.39, 0.29) is 11.8 Å². The third kappa shape index (κ3) is 4.96. The lowest BCUT2D eigenvalue weighted by Crippen LogP contribution is -2.43. The minimum atomic E-state index is -4.31. The van der Waals surface area contributed by atoms with Gasteiger partial charge in [-0.1, -0.05) is 18.2 Å². The maximum atomic E-state index is 13.0. The first-order chi connectivity index (χ1) is 10.9. The zero-order valence-electron chi connectivity index (χ0n) is 13.3. The number of benzene rings is 1. The van der Waals surface area contributed by atoms with Crippen LogP contribution in [0.3, 0.4) is 0 Å². The SMILES string of the molecule is CNCC(=O)N1CCCC(CCc2ccccc2C(F)(F)F)C1. The highest BCUT2D eigenvalue weighted by Gasteiger charge is 2.33. The lowest BCUT2D eigenvalue weighted by atomic mass is 9.90. The first-order valence-corrected chi connectivity index (χ1v) is 7.99. The third-order valence-corrected chi connectivity index (χ3v) is 4.34. The fraction of sp³-hybridized carbons (Fsp3) is 0.588. The van der Waals surface area contributed by atoms with Crippen LogP contribution in [0.15, 0.2) is 24.3 Å². The van der Waals surface area contributed by atoms with Crippen molar-refractivity contribution in [2.45, 2.75) is 31.9 Å². The number of alkyl halides is 3. The van der Waals surface area contributed by atoms with Crippen LogP contribution in [-0.2, 0) is 17.4 Å². The Morgan fingerprint density at radius 1 is 1.35 bits per heavy atom. The Morgan fingerprint density at radius 2 is 2.09 bits per heavy atom. The molecule has 1 aromatic rings. The van der Waals surface area contributed by atoms with Crippen molar-refractivity contribution in [2.75, 3.05) is 26.7 Å². The number of carbonyl (C=O) groups is 1. The van der Waals surface area contributed by atoms with E-state index in [0.29, 0.717) is 31.5 Å². The van der Waals surface area contributed by atoms with Crippen LogP contribution in [0.25, 0.3) is 0 Å². The Morgan fingerprint density at radius 3 is 2.78 bits per heavy atom. The minimum absolute atomic E-state index is 0.0629. The number of rotatable bonds is 5. The van der Waals surface area contributed by atoms with E-state index in [1.165, 1.54) is 6.07 Å². The second-order valence-electron chi connectivity index (χ2n) is 6.07. The summed E-state index contributed by atoms with van der Waals surface area (Å²) >= 11 is 0. The van der Waals surface area contributed by atoms with Gasteiger partial charge in [0.2, 0.25) is 5.91 Å². The molecule has 1 amide bonds. The molecule has 1 fully saturated rings. The molecule has 128 valence electrons. The lowest BCUT2D eigenvalue weighted by Gasteiger charge is -2.33. The molecule has 1 saturated heterocycles. The number of carbonyl (C=O) groups excluding carboxylic acids is 1. The fourth-order valence-corrected chi connectivity index (χ4v) is 3.16. The molecule has 1 aliphatic rings. The predicted molar refractivity (Wildman–Crippen MR) is 83.0 cm³/mol. The fourth-order valence-electron chi connectivity index (χ4n) is 3.16. The Hall–Kier alpha value is -1.56. The summed E-state index contributed by atoms with van der Waals surface area (Å²) in [6.45, 7) is 1.70. The normalized spacial score (nSPS) is 19.0. The summed E-state index contributed by atoms with van der Waals surface area (Å²) in [7, 11) is 1.73. The van der Waals surface area contributed by atoms with Gasteiger partial charge in [0.05, 0.1) is 12.1 Å². The molecule has 6 heteroatoms. The van der Waals surface area contributed by atoms with Crippen LogP contribution in [-0.4, -0.2) is 37.5 Å². The van der Waals surface area contributed by atoms with E-state index in [1.54, 1.807) is 19.2 Å². The summed E-state index contributed by atoms with van der Waals surface area (Å²) in [6, 6.07) is 5.76. The summed E-state index contributed by atoms with van der Waals surface area (Å²) in [5.41, 5.74) is -0.197. The average Bonchev–Trinajstić information content (AvgIpc) is 2.53. The molecule has 0 radical (unpaired) electrons. The van der Waals surface area contributed by atoms with Crippen molar-refractivity contribution in [1.29, 1.82) is 0 Å². The number of halogens is 3. The number of likely N-dealkylation sites (tertiary alicyclic amines) is 1. The largest absolute Gasteiger partial charge is 0.416 e. The van der Waals surface area contributed by atoms with Crippen molar-refractivity contribution in [3.05, 3.63) is 35.4 Å². The van der Waals surface area contributed by atoms with Crippen molar-refractivity contribution < 1.29 is 18.0 Å². The number of likely N-dealkylation sites (N-methyl/N-ethyl adjacent to an activating group) is 1. The van der Waals surface area contributed by atoms with Crippen LogP contribution in [0.5, 0.6) is 0 Å². The predicted octanol–water partition coefficient (Wildman–Crippen LogP) is 3.10. The van der Waals surface area contributed by atoms with Gasteiger partial charge in [-0.2, -0.15) is 13.2 Å². The van der Waals surface area contributed by atoms with Crippen molar-refractivity contribution in [3.63, 3.8) is 0 Å². The van der Waals surface area contributed by atoms with Crippen LogP contribution >= 0.6 is 0 Å². The van der Waals surface area contributed by atoms with Crippen molar-refractivity contribution in [2.24, 2.45) is 5.92 Å². The van der Waals surface area contributed by atoms with E-state index in [9.17, 15) is 18.0 Å². The van der Waals surface area contributed by atoms with Gasteiger partial charge in [-0.25, -0.2) is 0 Å². The zero-order valence-corrected chi connectivity index (χ0v) is 13.3. The number of nitrogens with zero attached hydrogens (tertiary/aromatic N) is 1. The van der Waals surface area contributed by atoms with E-state index in [4.69, 9.17) is 0 Å². The molecule has 0 aliphatic carbocycles. The Bertz CT molecular complexity index is 531. The Labute approximate surface area is 134 Å². The van der Waals surface area contributed by atoms with Crippen LogP contribution in [0.4, 0.5) is 13.2 Å². The van der Waals surface area contributed by atoms with E-state index >= 15 is 0 Å². The van der Waals surface area contributed by atoms with Crippen LogP contribution < -0.4 is 5.32 Å². The molecule has 1 atom stereocenters. The third-order valence-electron chi connectivity index (χ3n) is 4.34. The van der Waals surface area contributed by atoms with Gasteiger partial charge in [-0.05, 0) is 50.3 Å². The summed E-state index contributed by atoms with van der Waals surface area (Å²) in [6.07, 6.45) is -1.35. The standard InChI is InChI=1S/C17H23F3N2O/c1-21-11-16(23)22-10-4-5-13(12-22)8-9-14-6-2-3-7-15(14)17(18,19)20/h2-3,6-7,13,21H,4-5,8-12H2,1H3. The smallest absolute Gasteiger partial charge is 0.341 e. The molecule has 0 bridgehead atoms. The quantitative estimate of drug-likeness (QED) is 0.901. The molecule has 0 saturated carbocycles. The van der Waals surface area contributed by atoms with Gasteiger partial charge in [0.25, 0.3) is 0 Å². The number of hydrogen-bond acceptors (Lipinski definition) is 2. The van der Waals surface area contributed by atoms with Gasteiger partial charge in [0, 0.05) is 13.1 Å². The monoisotopic (exact) mass is 328 g/mol. The van der Waals surface area contributed by atoms with Crippen LogP contribution in [0.1, 0.15) is 30.4 Å². The molecular formula is C17H23F3N2O. The highest BCUT2D eigenvalue weighted by molar-refractivity contribution is 5.78. The molecule has 1 aliphatic heterocycles.